The Bertz CT molecular complexity index is 852. The standard InChI is InChI=1S/C20H24NOSi.2ClH.Zr/c1-20(2,3)21-17-12-15-14-8-6-5-7-13(14)11-16(15)18-19(17)23(18,4)10-9-22;;;/h5-8,11-12,21-22H,9-10H2,1-4H3;2*1H;/q;;;+2/p-2. The van der Waals surface area contributed by atoms with Gasteiger partial charge in [-0.1, -0.05) is 0 Å². The smallest absolute Gasteiger partial charge is 1.00 e. The average molecular weight is 485 g/mol. The van der Waals surface area contributed by atoms with E-state index in [9.17, 15) is 5.11 Å². The second kappa shape index (κ2) is 7.37. The maximum Gasteiger partial charge on any atom is -1.00 e. The summed E-state index contributed by atoms with van der Waals surface area (Å²) in [7, 11) is -1.62. The van der Waals surface area contributed by atoms with Gasteiger partial charge in [0, 0.05) is 0 Å². The van der Waals surface area contributed by atoms with Crippen molar-refractivity contribution in [1.82, 2.24) is 0 Å². The van der Waals surface area contributed by atoms with E-state index < -0.39 is 8.07 Å². The van der Waals surface area contributed by atoms with Crippen molar-refractivity contribution in [1.29, 1.82) is 0 Å². The van der Waals surface area contributed by atoms with Crippen LogP contribution in [0.25, 0.3) is 11.1 Å². The van der Waals surface area contributed by atoms with E-state index in [1.165, 1.54) is 22.4 Å². The number of rotatable bonds is 3. The summed E-state index contributed by atoms with van der Waals surface area (Å²) in [4.78, 5) is 0. The van der Waals surface area contributed by atoms with Gasteiger partial charge in [-0.05, 0) is 0 Å². The van der Waals surface area contributed by atoms with Gasteiger partial charge in [-0.25, -0.2) is 0 Å². The quantitative estimate of drug-likeness (QED) is 0.456. The van der Waals surface area contributed by atoms with Crippen LogP contribution in [-0.2, 0) is 24.7 Å². The van der Waals surface area contributed by atoms with Gasteiger partial charge in [0.1, 0.15) is 0 Å². The molecule has 0 bridgehead atoms. The van der Waals surface area contributed by atoms with Crippen LogP contribution < -0.4 is 40.5 Å². The van der Waals surface area contributed by atoms with Gasteiger partial charge < -0.3 is 24.8 Å². The first kappa shape index (κ1) is 22.2. The zero-order valence-corrected chi connectivity index (χ0v) is 20.6. The van der Waals surface area contributed by atoms with Gasteiger partial charge >= 0.3 is 161 Å². The third kappa shape index (κ3) is 3.26. The molecule has 2 atom stereocenters. The normalized spacial score (nSPS) is 21.7. The molecule has 0 saturated heterocycles. The molecular weight excluding hydrogens is 460 g/mol. The third-order valence-electron chi connectivity index (χ3n) is 5.38. The molecule has 26 heavy (non-hydrogen) atoms. The van der Waals surface area contributed by atoms with Gasteiger partial charge in [0.15, 0.2) is 0 Å². The molecule has 0 spiro atoms. The molecule has 2 aliphatic rings. The van der Waals surface area contributed by atoms with Crippen LogP contribution in [-0.4, -0.2) is 25.3 Å². The third-order valence-corrected chi connectivity index (χ3v) is 11.1. The summed E-state index contributed by atoms with van der Waals surface area (Å²) in [6, 6.07) is 12.3. The topological polar surface area (TPSA) is 32.3 Å². The number of anilines is 1. The van der Waals surface area contributed by atoms with Crippen molar-refractivity contribution in [2.45, 2.75) is 42.5 Å². The number of benzene rings is 2. The molecule has 1 aliphatic heterocycles. The van der Waals surface area contributed by atoms with Crippen molar-refractivity contribution in [2.24, 2.45) is 0 Å². The predicted octanol–water partition coefficient (Wildman–Crippen LogP) is -2.98. The van der Waals surface area contributed by atoms with E-state index in [4.69, 9.17) is 0 Å². The second-order valence-corrected chi connectivity index (χ2v) is 13.9. The Morgan fingerprint density at radius 3 is 2.38 bits per heavy atom. The van der Waals surface area contributed by atoms with E-state index in [1.54, 1.807) is 40.7 Å². The van der Waals surface area contributed by atoms with Gasteiger partial charge in [-0.3, -0.25) is 0 Å². The summed E-state index contributed by atoms with van der Waals surface area (Å²) in [6.45, 7) is 9.41. The van der Waals surface area contributed by atoms with Crippen LogP contribution >= 0.6 is 0 Å². The van der Waals surface area contributed by atoms with Crippen molar-refractivity contribution in [2.75, 3.05) is 11.9 Å². The molecule has 0 saturated carbocycles. The summed E-state index contributed by atoms with van der Waals surface area (Å²) in [5.41, 5.74) is 7.31. The number of aliphatic hydroxyl groups is 1. The number of aliphatic hydroxyl groups excluding tert-OH is 1. The van der Waals surface area contributed by atoms with E-state index >= 15 is 0 Å². The summed E-state index contributed by atoms with van der Waals surface area (Å²) in [6.07, 6.45) is 0. The summed E-state index contributed by atoms with van der Waals surface area (Å²) < 4.78 is 0.564. The van der Waals surface area contributed by atoms with Crippen LogP contribution in [0.15, 0.2) is 30.3 Å². The molecule has 6 heteroatoms. The van der Waals surface area contributed by atoms with E-state index in [0.29, 0.717) is 10.2 Å². The molecule has 0 fully saturated rings. The SMILES string of the molecule is CC(C)(C)Nc1cc2c(c3c1[Si]3(C)CCO)[CH]([Zr+2])c1ccccc1-2.[Cl-].[Cl-]. The molecule has 137 valence electrons. The number of halogens is 2. The summed E-state index contributed by atoms with van der Waals surface area (Å²) in [5, 5.41) is 16.6. The van der Waals surface area contributed by atoms with Gasteiger partial charge in [0.25, 0.3) is 0 Å². The first-order chi connectivity index (χ1) is 11.3. The fourth-order valence-corrected chi connectivity index (χ4v) is 10.4. The van der Waals surface area contributed by atoms with Gasteiger partial charge in [0.2, 0.25) is 0 Å². The predicted molar refractivity (Wildman–Crippen MR) is 99.9 cm³/mol. The van der Waals surface area contributed by atoms with Crippen LogP contribution in [0.4, 0.5) is 5.69 Å². The van der Waals surface area contributed by atoms with E-state index in [-0.39, 0.29) is 30.4 Å². The Balaban J connectivity index is 0.00000121. The fraction of sp³-hybridized carbons (Fsp3) is 0.400. The minimum Gasteiger partial charge on any atom is -1.00 e. The Hall–Kier alpha value is -0.120. The van der Waals surface area contributed by atoms with Crippen molar-refractivity contribution < 1.29 is 54.6 Å². The molecule has 2 aromatic carbocycles. The molecule has 0 aromatic heterocycles. The first-order valence-electron chi connectivity index (χ1n) is 8.69. The van der Waals surface area contributed by atoms with Crippen molar-refractivity contribution in [3.8, 4) is 11.1 Å². The largest absolute Gasteiger partial charge is 1.00 e. The van der Waals surface area contributed by atoms with Crippen LogP contribution in [0.2, 0.25) is 12.6 Å². The Kier molecular flexibility index (Phi) is 6.28. The zero-order chi connectivity index (χ0) is 17.3. The van der Waals surface area contributed by atoms with E-state index in [2.05, 4.69) is 63.0 Å². The Labute approximate surface area is 184 Å². The van der Waals surface area contributed by atoms with Crippen molar-refractivity contribution in [3.63, 3.8) is 0 Å². The number of fused-ring (bicyclic) bond motifs is 5. The van der Waals surface area contributed by atoms with Crippen molar-refractivity contribution in [3.05, 3.63) is 41.5 Å². The molecule has 2 nitrogen and oxygen atoms in total. The molecule has 4 rings (SSSR count). The maximum atomic E-state index is 9.65. The average Bonchev–Trinajstić information content (AvgIpc) is 3.00. The van der Waals surface area contributed by atoms with Gasteiger partial charge in [0.05, 0.1) is 0 Å². The van der Waals surface area contributed by atoms with Crippen molar-refractivity contribution >= 4 is 24.1 Å². The van der Waals surface area contributed by atoms with Gasteiger partial charge in [-0.15, -0.1) is 0 Å². The molecule has 2 N–H and O–H groups in total. The maximum absolute atomic E-state index is 9.65. The van der Waals surface area contributed by atoms with Crippen LogP contribution in [0, 0.1) is 0 Å². The molecule has 1 aliphatic carbocycles. The monoisotopic (exact) mass is 482 g/mol. The summed E-state index contributed by atoms with van der Waals surface area (Å²) in [5.74, 6) is 0. The second-order valence-electron chi connectivity index (χ2n) is 8.34. The Morgan fingerprint density at radius 2 is 1.77 bits per heavy atom. The molecule has 0 radical (unpaired) electrons. The summed E-state index contributed by atoms with van der Waals surface area (Å²) >= 11 is 1.57. The molecule has 2 unspecified atom stereocenters. The number of nitrogens with one attached hydrogen (secondary N) is 1. The minimum atomic E-state index is -1.62. The van der Waals surface area contributed by atoms with E-state index in [1.807, 2.05) is 0 Å². The minimum absolute atomic E-state index is 0. The molecule has 1 heterocycles. The number of hydrogen-bond acceptors (Lipinski definition) is 2. The fourth-order valence-electron chi connectivity index (χ4n) is 4.35. The van der Waals surface area contributed by atoms with Crippen LogP contribution in [0.5, 0.6) is 0 Å². The zero-order valence-electron chi connectivity index (χ0n) is 15.6. The van der Waals surface area contributed by atoms with E-state index in [0.717, 1.165) is 6.04 Å². The first-order valence-corrected chi connectivity index (χ1v) is 12.8. The Morgan fingerprint density at radius 1 is 1.12 bits per heavy atom. The van der Waals surface area contributed by atoms with Gasteiger partial charge in [-0.2, -0.15) is 0 Å². The van der Waals surface area contributed by atoms with Crippen LogP contribution in [0.3, 0.4) is 0 Å². The molecular formula is C20H24Cl2NOSiZr. The number of hydrogen-bond donors (Lipinski definition) is 2. The van der Waals surface area contributed by atoms with Crippen LogP contribution in [0.1, 0.15) is 35.5 Å². The molecule has 2 aromatic rings. The molecule has 0 amide bonds.